The van der Waals surface area contributed by atoms with E-state index in [1.807, 2.05) is 73.7 Å². The lowest BCUT2D eigenvalue weighted by molar-refractivity contribution is -0.564. The van der Waals surface area contributed by atoms with Gasteiger partial charge in [-0.05, 0) is 36.2 Å². The molecular weight excluding hydrogens is 437 g/mol. The van der Waals surface area contributed by atoms with Crippen LogP contribution in [0.1, 0.15) is 5.56 Å². The van der Waals surface area contributed by atoms with Crippen molar-refractivity contribution >= 4 is 34.1 Å². The van der Waals surface area contributed by atoms with Crippen molar-refractivity contribution in [1.29, 1.82) is 0 Å². The topological polar surface area (TPSA) is 26.9 Å². The van der Waals surface area contributed by atoms with Crippen LogP contribution in [-0.4, -0.2) is 0 Å². The van der Waals surface area contributed by atoms with Gasteiger partial charge in [0.05, 0.1) is 26.6 Å². The lowest BCUT2D eigenvalue weighted by Crippen LogP contribution is -2.32. The third-order valence-electron chi connectivity index (χ3n) is 5.72. The van der Waals surface area contributed by atoms with E-state index in [1.165, 1.54) is 0 Å². The molecule has 0 aliphatic rings. The fraction of sp³-hybridized carbons (Fsp3) is 0.0357. The van der Waals surface area contributed by atoms with E-state index in [4.69, 9.17) is 23.2 Å². The predicted molar refractivity (Wildman–Crippen MR) is 134 cm³/mol. The van der Waals surface area contributed by atoms with Gasteiger partial charge in [0.2, 0.25) is 11.2 Å². The van der Waals surface area contributed by atoms with E-state index >= 15 is 0 Å². The maximum Gasteiger partial charge on any atom is 0.235 e. The van der Waals surface area contributed by atoms with E-state index in [0.717, 1.165) is 37.9 Å². The lowest BCUT2D eigenvalue weighted by atomic mass is 9.87. The Bertz CT molecular complexity index is 1430. The summed E-state index contributed by atoms with van der Waals surface area (Å²) in [7, 11) is 0. The van der Waals surface area contributed by atoms with Crippen LogP contribution in [0.25, 0.3) is 44.4 Å². The van der Waals surface area contributed by atoms with Crippen molar-refractivity contribution in [2.45, 2.75) is 6.92 Å². The Kier molecular flexibility index (Phi) is 5.34. The molecule has 0 bridgehead atoms. The van der Waals surface area contributed by atoms with E-state index in [2.05, 4.69) is 12.1 Å². The molecule has 0 N–H and O–H groups in total. The lowest BCUT2D eigenvalue weighted by Gasteiger charge is -2.20. The summed E-state index contributed by atoms with van der Waals surface area (Å²) >= 11 is 13.3. The summed E-state index contributed by atoms with van der Waals surface area (Å²) < 4.78 is 0.993. The molecule has 1 heterocycles. The SMILES string of the molecule is Cc1cccc2c(-c3ccccc3)c(-c3ccccc3)c(-c3c(Cl)cccc3Cl)[n+]([O-])c12. The average Bonchev–Trinajstić information content (AvgIpc) is 2.81. The van der Waals surface area contributed by atoms with Crippen LogP contribution in [0.15, 0.2) is 97.1 Å². The monoisotopic (exact) mass is 455 g/mol. The van der Waals surface area contributed by atoms with Crippen molar-refractivity contribution in [3.05, 3.63) is 118 Å². The van der Waals surface area contributed by atoms with Gasteiger partial charge in [-0.1, -0.05) is 102 Å². The molecule has 5 aromatic rings. The fourth-order valence-electron chi connectivity index (χ4n) is 4.34. The molecule has 1 aromatic heterocycles. The maximum absolute atomic E-state index is 14.0. The first-order chi connectivity index (χ1) is 15.6. The zero-order chi connectivity index (χ0) is 22.2. The molecule has 0 aliphatic heterocycles. The van der Waals surface area contributed by atoms with E-state index in [1.54, 1.807) is 18.2 Å². The van der Waals surface area contributed by atoms with Gasteiger partial charge in [0.15, 0.2) is 0 Å². The highest BCUT2D eigenvalue weighted by Gasteiger charge is 2.30. The molecule has 5 rings (SSSR count). The summed E-state index contributed by atoms with van der Waals surface area (Å²) in [5.41, 5.74) is 6.21. The Labute approximate surface area is 196 Å². The highest BCUT2D eigenvalue weighted by atomic mass is 35.5. The highest BCUT2D eigenvalue weighted by molar-refractivity contribution is 6.39. The molecular formula is C28H19Cl2NO. The Morgan fingerprint density at radius 1 is 0.594 bits per heavy atom. The number of benzene rings is 4. The summed E-state index contributed by atoms with van der Waals surface area (Å²) in [6.45, 7) is 1.95. The van der Waals surface area contributed by atoms with Gasteiger partial charge >= 0.3 is 0 Å². The Balaban J connectivity index is 2.09. The number of aromatic nitrogens is 1. The first kappa shape index (κ1) is 20.6. The van der Waals surface area contributed by atoms with Gasteiger partial charge < -0.3 is 5.21 Å². The molecule has 0 unspecified atom stereocenters. The minimum absolute atomic E-state index is 0.436. The number of rotatable bonds is 3. The predicted octanol–water partition coefficient (Wildman–Crippen LogP) is 8.09. The molecule has 4 heteroatoms. The number of aryl methyl sites for hydroxylation is 1. The standard InChI is InChI=1S/C28H19Cl2NO/c1-18-10-8-15-21-24(19-11-4-2-5-12-19)25(20-13-6-3-7-14-20)28(31(32)27(18)21)26-22(29)16-9-17-23(26)30/h2-17H,1H3. The molecule has 0 saturated heterocycles. The van der Waals surface area contributed by atoms with Crippen LogP contribution in [0.5, 0.6) is 0 Å². The Morgan fingerprint density at radius 2 is 1.12 bits per heavy atom. The quantitative estimate of drug-likeness (QED) is 0.199. The number of halogens is 2. The summed E-state index contributed by atoms with van der Waals surface area (Å²) in [6.07, 6.45) is 0. The zero-order valence-corrected chi connectivity index (χ0v) is 18.9. The summed E-state index contributed by atoms with van der Waals surface area (Å²) in [5.74, 6) is 0. The van der Waals surface area contributed by atoms with Gasteiger partial charge in [0, 0.05) is 11.1 Å². The summed E-state index contributed by atoms with van der Waals surface area (Å²) in [6, 6.07) is 31.3. The molecule has 0 atom stereocenters. The van der Waals surface area contributed by atoms with Gasteiger partial charge in [-0.25, -0.2) is 0 Å². The van der Waals surface area contributed by atoms with Crippen LogP contribution in [-0.2, 0) is 0 Å². The molecule has 2 nitrogen and oxygen atoms in total. The first-order valence-electron chi connectivity index (χ1n) is 10.3. The number of nitrogens with zero attached hydrogens (tertiary/aromatic N) is 1. The third kappa shape index (κ3) is 3.33. The molecule has 156 valence electrons. The molecule has 4 aromatic carbocycles. The second-order valence-corrected chi connectivity index (χ2v) is 8.51. The van der Waals surface area contributed by atoms with Crippen molar-refractivity contribution < 1.29 is 4.73 Å². The Hall–Kier alpha value is -3.33. The molecule has 32 heavy (non-hydrogen) atoms. The van der Waals surface area contributed by atoms with Gasteiger partial charge in [0.25, 0.3) is 0 Å². The van der Waals surface area contributed by atoms with Crippen molar-refractivity contribution in [2.24, 2.45) is 0 Å². The second-order valence-electron chi connectivity index (χ2n) is 7.69. The second kappa shape index (κ2) is 8.31. The van der Waals surface area contributed by atoms with Crippen LogP contribution < -0.4 is 4.73 Å². The van der Waals surface area contributed by atoms with E-state index in [0.29, 0.717) is 26.8 Å². The summed E-state index contributed by atoms with van der Waals surface area (Å²) in [4.78, 5) is 0. The minimum atomic E-state index is 0.436. The number of hydrogen-bond donors (Lipinski definition) is 0. The molecule has 0 saturated carbocycles. The third-order valence-corrected chi connectivity index (χ3v) is 6.35. The number of para-hydroxylation sites is 1. The molecule has 0 amide bonds. The van der Waals surface area contributed by atoms with E-state index in [-0.39, 0.29) is 0 Å². The number of hydrogen-bond acceptors (Lipinski definition) is 1. The van der Waals surface area contributed by atoms with Crippen LogP contribution in [0.2, 0.25) is 10.0 Å². The maximum atomic E-state index is 14.0. The number of fused-ring (bicyclic) bond motifs is 1. The van der Waals surface area contributed by atoms with Gasteiger partial charge in [0.1, 0.15) is 0 Å². The summed E-state index contributed by atoms with van der Waals surface area (Å²) in [5, 5.41) is 15.8. The normalized spacial score (nSPS) is 11.1. The van der Waals surface area contributed by atoms with Crippen molar-refractivity contribution in [3.63, 3.8) is 0 Å². The smallest absolute Gasteiger partial charge is 0.235 e. The van der Waals surface area contributed by atoms with Crippen LogP contribution in [0, 0.1) is 12.1 Å². The van der Waals surface area contributed by atoms with Crippen molar-refractivity contribution in [1.82, 2.24) is 0 Å². The molecule has 0 fully saturated rings. The van der Waals surface area contributed by atoms with Gasteiger partial charge in [-0.2, -0.15) is 4.73 Å². The molecule has 0 spiro atoms. The van der Waals surface area contributed by atoms with Crippen molar-refractivity contribution in [3.8, 4) is 33.5 Å². The van der Waals surface area contributed by atoms with Gasteiger partial charge in [-0.3, -0.25) is 0 Å². The largest absolute Gasteiger partial charge is 0.618 e. The van der Waals surface area contributed by atoms with Crippen LogP contribution in [0.3, 0.4) is 0 Å². The highest BCUT2D eigenvalue weighted by Crippen LogP contribution is 2.45. The Morgan fingerprint density at radius 3 is 1.72 bits per heavy atom. The molecule has 0 radical (unpaired) electrons. The fourth-order valence-corrected chi connectivity index (χ4v) is 4.91. The average molecular weight is 456 g/mol. The molecule has 0 aliphatic carbocycles. The zero-order valence-electron chi connectivity index (χ0n) is 17.3. The van der Waals surface area contributed by atoms with E-state index < -0.39 is 0 Å². The number of pyridine rings is 1. The van der Waals surface area contributed by atoms with Gasteiger partial charge in [-0.15, -0.1) is 0 Å². The minimum Gasteiger partial charge on any atom is -0.618 e. The van der Waals surface area contributed by atoms with Crippen LogP contribution in [0.4, 0.5) is 0 Å². The van der Waals surface area contributed by atoms with Crippen LogP contribution >= 0.6 is 23.2 Å². The van der Waals surface area contributed by atoms with Crippen molar-refractivity contribution in [2.75, 3.05) is 0 Å². The van der Waals surface area contributed by atoms with E-state index in [9.17, 15) is 5.21 Å². The first-order valence-corrected chi connectivity index (χ1v) is 11.1.